The van der Waals surface area contributed by atoms with Crippen molar-refractivity contribution in [1.82, 2.24) is 5.43 Å². The highest BCUT2D eigenvalue weighted by atomic mass is 35.5. The molecule has 12 heteroatoms. The minimum atomic E-state index is -0.674. The fourth-order valence-corrected chi connectivity index (χ4v) is 4.46. The van der Waals surface area contributed by atoms with Gasteiger partial charge in [-0.15, -0.1) is 0 Å². The fourth-order valence-electron chi connectivity index (χ4n) is 4.27. The number of methoxy groups -OCH3 is 1. The van der Waals surface area contributed by atoms with Gasteiger partial charge < -0.3 is 14.1 Å². The number of para-hydroxylation sites is 1. The van der Waals surface area contributed by atoms with Crippen LogP contribution in [0.1, 0.15) is 61.0 Å². The number of nitrogens with zero attached hydrogens (tertiary/aromatic N) is 3. The molecule has 0 radical (unpaired) electrons. The lowest BCUT2D eigenvalue weighted by Gasteiger charge is -2.19. The van der Waals surface area contributed by atoms with E-state index in [1.165, 1.54) is 31.2 Å². The molecule has 0 saturated heterocycles. The van der Waals surface area contributed by atoms with Crippen molar-refractivity contribution < 1.29 is 28.5 Å². The lowest BCUT2D eigenvalue weighted by atomic mass is 9.93. The van der Waals surface area contributed by atoms with Crippen molar-refractivity contribution in [3.8, 4) is 0 Å². The maximum absolute atomic E-state index is 13.4. The van der Waals surface area contributed by atoms with Crippen LogP contribution in [0.3, 0.4) is 0 Å². The molecule has 1 N–H and O–H groups in total. The van der Waals surface area contributed by atoms with Gasteiger partial charge in [-0.3, -0.25) is 19.7 Å². The zero-order chi connectivity index (χ0) is 27.6. The number of rotatable bonds is 6. The first-order valence-electron chi connectivity index (χ1n) is 11.5. The number of carbonyl (C=O) groups is 3. The summed E-state index contributed by atoms with van der Waals surface area (Å²) in [4.78, 5) is 50.0. The van der Waals surface area contributed by atoms with E-state index in [1.807, 2.05) is 0 Å². The summed E-state index contributed by atoms with van der Waals surface area (Å²) >= 11 is 5.82. The molecular weight excluding hydrogens is 516 g/mol. The van der Waals surface area contributed by atoms with E-state index in [0.717, 1.165) is 6.07 Å². The maximum atomic E-state index is 13.4. The molecular formula is C26H23ClN4O7. The fraction of sp³-hybridized carbons (Fsp3) is 0.231. The SMILES string of the molecule is COC(=O)c1ccccc1N(C)C(=O)c1oc2c(c1C)/C(=N/NC(=O)c1ccc(Cl)c([N+](=O)[O-])c1)CCC2. The van der Waals surface area contributed by atoms with E-state index in [-0.39, 0.29) is 21.9 Å². The normalized spacial score (nSPS) is 13.5. The quantitative estimate of drug-likeness (QED) is 0.272. The number of anilines is 1. The molecule has 0 aliphatic heterocycles. The van der Waals surface area contributed by atoms with Crippen LogP contribution in [0.25, 0.3) is 0 Å². The number of carbonyl (C=O) groups excluding carboxylic acids is 3. The standard InChI is InChI=1S/C26H23ClN4O7/c1-14-22-18(28-29-24(32)15-11-12-17(27)20(13-15)31(35)36)8-6-10-21(22)38-23(14)25(33)30(2)19-9-5-4-7-16(19)26(34)37-3/h4-5,7,9,11-13H,6,8,10H2,1-3H3,(H,29,32)/b28-18+. The number of halogens is 1. The number of furan rings is 1. The van der Waals surface area contributed by atoms with Crippen molar-refractivity contribution in [2.24, 2.45) is 5.10 Å². The van der Waals surface area contributed by atoms with Crippen molar-refractivity contribution in [2.75, 3.05) is 19.1 Å². The predicted octanol–water partition coefficient (Wildman–Crippen LogP) is 4.68. The first kappa shape index (κ1) is 26.6. The summed E-state index contributed by atoms with van der Waals surface area (Å²) in [6.45, 7) is 1.72. The minimum absolute atomic E-state index is 0.0205. The molecule has 2 amide bonds. The number of hydrogen-bond donors (Lipinski definition) is 1. The topological polar surface area (TPSA) is 144 Å². The first-order chi connectivity index (χ1) is 18.1. The predicted molar refractivity (Wildman–Crippen MR) is 139 cm³/mol. The number of hydrogen-bond acceptors (Lipinski definition) is 8. The Kier molecular flexibility index (Phi) is 7.58. The van der Waals surface area contributed by atoms with E-state index in [1.54, 1.807) is 31.2 Å². The Labute approximate surface area is 222 Å². The number of esters is 1. The van der Waals surface area contributed by atoms with E-state index in [9.17, 15) is 24.5 Å². The number of nitrogens with one attached hydrogen (secondary N) is 1. The summed E-state index contributed by atoms with van der Waals surface area (Å²) in [5.41, 5.74) is 4.33. The third-order valence-corrected chi connectivity index (χ3v) is 6.51. The summed E-state index contributed by atoms with van der Waals surface area (Å²) in [6, 6.07) is 10.3. The van der Waals surface area contributed by atoms with E-state index < -0.39 is 28.4 Å². The monoisotopic (exact) mass is 538 g/mol. The Balaban J connectivity index is 1.62. The van der Waals surface area contributed by atoms with Gasteiger partial charge in [-0.1, -0.05) is 23.7 Å². The van der Waals surface area contributed by atoms with Gasteiger partial charge in [0.2, 0.25) is 0 Å². The number of amides is 2. The van der Waals surface area contributed by atoms with Gasteiger partial charge in [-0.05, 0) is 44.0 Å². The second-order valence-corrected chi connectivity index (χ2v) is 8.91. The molecule has 11 nitrogen and oxygen atoms in total. The molecule has 0 unspecified atom stereocenters. The highest BCUT2D eigenvalue weighted by molar-refractivity contribution is 6.32. The van der Waals surface area contributed by atoms with Gasteiger partial charge in [0.05, 0.1) is 29.0 Å². The summed E-state index contributed by atoms with van der Waals surface area (Å²) in [6.07, 6.45) is 1.76. The highest BCUT2D eigenvalue weighted by Gasteiger charge is 2.31. The summed E-state index contributed by atoms with van der Waals surface area (Å²) in [7, 11) is 2.80. The van der Waals surface area contributed by atoms with Crippen LogP contribution in [0, 0.1) is 17.0 Å². The number of hydrazone groups is 1. The van der Waals surface area contributed by atoms with Crippen LogP contribution >= 0.6 is 11.6 Å². The Bertz CT molecular complexity index is 1490. The molecule has 0 spiro atoms. The van der Waals surface area contributed by atoms with Crippen LogP contribution in [0.4, 0.5) is 11.4 Å². The largest absolute Gasteiger partial charge is 0.465 e. The third-order valence-electron chi connectivity index (χ3n) is 6.19. The molecule has 1 aromatic heterocycles. The molecule has 0 saturated carbocycles. The Hall–Kier alpha value is -4.51. The van der Waals surface area contributed by atoms with Gasteiger partial charge in [-0.25, -0.2) is 10.2 Å². The van der Waals surface area contributed by atoms with Crippen LogP contribution in [-0.2, 0) is 11.2 Å². The lowest BCUT2D eigenvalue weighted by Crippen LogP contribution is -2.28. The Morgan fingerprint density at radius 2 is 1.92 bits per heavy atom. The Morgan fingerprint density at radius 3 is 2.63 bits per heavy atom. The average Bonchev–Trinajstić information content (AvgIpc) is 3.27. The zero-order valence-corrected chi connectivity index (χ0v) is 21.5. The number of aryl methyl sites for hydroxylation is 1. The van der Waals surface area contributed by atoms with Crippen LogP contribution in [0.2, 0.25) is 5.02 Å². The number of fused-ring (bicyclic) bond motifs is 1. The van der Waals surface area contributed by atoms with Gasteiger partial charge in [-0.2, -0.15) is 5.10 Å². The summed E-state index contributed by atoms with van der Waals surface area (Å²) in [5.74, 6) is -1.05. The van der Waals surface area contributed by atoms with Crippen molar-refractivity contribution in [1.29, 1.82) is 0 Å². The van der Waals surface area contributed by atoms with E-state index >= 15 is 0 Å². The highest BCUT2D eigenvalue weighted by Crippen LogP contribution is 2.32. The third kappa shape index (κ3) is 5.00. The van der Waals surface area contributed by atoms with Crippen LogP contribution in [0.5, 0.6) is 0 Å². The zero-order valence-electron chi connectivity index (χ0n) is 20.7. The summed E-state index contributed by atoms with van der Waals surface area (Å²) in [5, 5.41) is 15.3. The summed E-state index contributed by atoms with van der Waals surface area (Å²) < 4.78 is 10.8. The van der Waals surface area contributed by atoms with Crippen LogP contribution < -0.4 is 10.3 Å². The molecule has 1 aliphatic carbocycles. The van der Waals surface area contributed by atoms with E-state index in [4.69, 9.17) is 20.8 Å². The van der Waals surface area contributed by atoms with Crippen LogP contribution in [0.15, 0.2) is 52.0 Å². The van der Waals surface area contributed by atoms with Gasteiger partial charge >= 0.3 is 5.97 Å². The molecule has 0 bridgehead atoms. The average molecular weight is 539 g/mol. The van der Waals surface area contributed by atoms with Crippen molar-refractivity contribution in [3.63, 3.8) is 0 Å². The molecule has 1 heterocycles. The van der Waals surface area contributed by atoms with E-state index in [0.29, 0.717) is 47.5 Å². The number of ether oxygens (including phenoxy) is 1. The maximum Gasteiger partial charge on any atom is 0.339 e. The molecule has 196 valence electrons. The molecule has 0 atom stereocenters. The van der Waals surface area contributed by atoms with Gasteiger partial charge in [0, 0.05) is 36.2 Å². The molecule has 4 rings (SSSR count). The van der Waals surface area contributed by atoms with Crippen molar-refractivity contribution in [2.45, 2.75) is 26.2 Å². The number of nitro benzene ring substituents is 1. The van der Waals surface area contributed by atoms with Gasteiger partial charge in [0.1, 0.15) is 10.8 Å². The smallest absolute Gasteiger partial charge is 0.339 e. The molecule has 0 fully saturated rings. The lowest BCUT2D eigenvalue weighted by molar-refractivity contribution is -0.384. The molecule has 38 heavy (non-hydrogen) atoms. The first-order valence-corrected chi connectivity index (χ1v) is 11.9. The van der Waals surface area contributed by atoms with Gasteiger partial charge in [0.25, 0.3) is 17.5 Å². The molecule has 2 aromatic carbocycles. The second kappa shape index (κ2) is 10.9. The number of benzene rings is 2. The second-order valence-electron chi connectivity index (χ2n) is 8.50. The van der Waals surface area contributed by atoms with Gasteiger partial charge in [0.15, 0.2) is 5.76 Å². The number of nitro groups is 1. The van der Waals surface area contributed by atoms with Crippen molar-refractivity contribution >= 4 is 46.5 Å². The minimum Gasteiger partial charge on any atom is -0.465 e. The molecule has 1 aliphatic rings. The van der Waals surface area contributed by atoms with Crippen LogP contribution in [-0.4, -0.2) is 42.6 Å². The Morgan fingerprint density at radius 1 is 1.18 bits per heavy atom. The molecule has 3 aromatic rings. The van der Waals surface area contributed by atoms with Crippen molar-refractivity contribution in [3.05, 3.63) is 91.4 Å². The van der Waals surface area contributed by atoms with E-state index in [2.05, 4.69) is 10.5 Å².